The second kappa shape index (κ2) is 8.00. The van der Waals surface area contributed by atoms with Crippen LogP contribution in [0.1, 0.15) is 15.4 Å². The molecule has 1 amide bonds. The minimum atomic E-state index is -3.73. The third-order valence-electron chi connectivity index (χ3n) is 4.54. The molecule has 0 aliphatic carbocycles. The van der Waals surface area contributed by atoms with E-state index in [0.29, 0.717) is 18.9 Å². The number of carbonyl (C=O) groups is 1. The Balaban J connectivity index is 1.61. The Kier molecular flexibility index (Phi) is 5.58. The number of thiazole rings is 1. The molecule has 4 rings (SSSR count). The van der Waals surface area contributed by atoms with Gasteiger partial charge in [0, 0.05) is 18.8 Å². The molecule has 7 nitrogen and oxygen atoms in total. The van der Waals surface area contributed by atoms with Crippen molar-refractivity contribution in [2.75, 3.05) is 31.6 Å². The van der Waals surface area contributed by atoms with Crippen LogP contribution in [-0.2, 0) is 14.8 Å². The molecule has 2 heterocycles. The van der Waals surface area contributed by atoms with E-state index < -0.39 is 15.9 Å². The highest BCUT2D eigenvalue weighted by atomic mass is 35.5. The smallest absolute Gasteiger partial charge is 0.257 e. The van der Waals surface area contributed by atoms with Gasteiger partial charge >= 0.3 is 0 Å². The van der Waals surface area contributed by atoms with Crippen molar-refractivity contribution in [2.24, 2.45) is 0 Å². The Hall–Kier alpha value is -2.04. The van der Waals surface area contributed by atoms with E-state index in [4.69, 9.17) is 16.3 Å². The Morgan fingerprint density at radius 3 is 2.72 bits per heavy atom. The monoisotopic (exact) mass is 451 g/mol. The predicted octanol–water partition coefficient (Wildman–Crippen LogP) is 3.53. The number of hydrogen-bond acceptors (Lipinski definition) is 6. The summed E-state index contributed by atoms with van der Waals surface area (Å²) in [5.74, 6) is -0.477. The van der Waals surface area contributed by atoms with E-state index in [1.54, 1.807) is 6.07 Å². The summed E-state index contributed by atoms with van der Waals surface area (Å²) in [7, 11) is -3.73. The molecule has 0 spiro atoms. The lowest BCUT2D eigenvalue weighted by molar-refractivity contribution is 0.0730. The van der Waals surface area contributed by atoms with Gasteiger partial charge in [0.05, 0.1) is 43.9 Å². The number of carbonyl (C=O) groups excluding carboxylic acids is 1. The quantitative estimate of drug-likeness (QED) is 0.655. The van der Waals surface area contributed by atoms with Crippen LogP contribution in [0, 0.1) is 6.92 Å². The van der Waals surface area contributed by atoms with E-state index in [0.717, 1.165) is 15.2 Å². The SMILES string of the molecule is Cc1nc2ccc(NC(=O)c3cc(S(=O)(=O)N4CCOCC4)ccc3Cl)cc2s1. The third-order valence-corrected chi connectivity index (χ3v) is 7.70. The third kappa shape index (κ3) is 4.15. The number of morpholine rings is 1. The largest absolute Gasteiger partial charge is 0.379 e. The number of aromatic nitrogens is 1. The normalized spacial score (nSPS) is 15.5. The number of halogens is 1. The summed E-state index contributed by atoms with van der Waals surface area (Å²) < 4.78 is 33.3. The lowest BCUT2D eigenvalue weighted by Crippen LogP contribution is -2.40. The summed E-state index contributed by atoms with van der Waals surface area (Å²) in [4.78, 5) is 17.2. The molecule has 0 radical (unpaired) electrons. The second-order valence-corrected chi connectivity index (χ2v) is 10.1. The molecule has 0 saturated carbocycles. The first kappa shape index (κ1) is 20.2. The van der Waals surface area contributed by atoms with Gasteiger partial charge in [0.1, 0.15) is 0 Å². The van der Waals surface area contributed by atoms with E-state index >= 15 is 0 Å². The molecule has 1 aliphatic rings. The fourth-order valence-corrected chi connectivity index (χ4v) is 5.60. The average molecular weight is 452 g/mol. The minimum absolute atomic E-state index is 0.0301. The van der Waals surface area contributed by atoms with Gasteiger partial charge in [-0.2, -0.15) is 4.31 Å². The molecule has 1 N–H and O–H groups in total. The zero-order valence-corrected chi connectivity index (χ0v) is 17.9. The number of amides is 1. The summed E-state index contributed by atoms with van der Waals surface area (Å²) >= 11 is 7.72. The van der Waals surface area contributed by atoms with E-state index in [-0.39, 0.29) is 28.6 Å². The van der Waals surface area contributed by atoms with E-state index in [1.807, 2.05) is 19.1 Å². The molecule has 1 saturated heterocycles. The molecular weight excluding hydrogens is 434 g/mol. The lowest BCUT2D eigenvalue weighted by atomic mass is 10.2. The molecule has 10 heteroatoms. The first-order valence-corrected chi connectivity index (χ1v) is 11.5. The van der Waals surface area contributed by atoms with Gasteiger partial charge in [-0.05, 0) is 43.3 Å². The summed E-state index contributed by atoms with van der Waals surface area (Å²) in [5, 5.41) is 3.90. The predicted molar refractivity (Wildman–Crippen MR) is 113 cm³/mol. The van der Waals surface area contributed by atoms with Crippen molar-refractivity contribution >= 4 is 54.8 Å². The van der Waals surface area contributed by atoms with Crippen LogP contribution in [0.3, 0.4) is 0 Å². The molecule has 2 aromatic carbocycles. The van der Waals surface area contributed by atoms with Crippen molar-refractivity contribution < 1.29 is 17.9 Å². The standard InChI is InChI=1S/C19H18ClN3O4S2/c1-12-21-17-5-2-13(10-18(17)28-12)22-19(24)15-11-14(3-4-16(15)20)29(25,26)23-6-8-27-9-7-23/h2-5,10-11H,6-9H2,1H3,(H,22,24). The summed E-state index contributed by atoms with van der Waals surface area (Å²) in [6.45, 7) is 3.17. The van der Waals surface area contributed by atoms with Gasteiger partial charge in [0.15, 0.2) is 0 Å². The number of hydrogen-bond donors (Lipinski definition) is 1. The zero-order valence-electron chi connectivity index (χ0n) is 15.5. The highest BCUT2D eigenvalue weighted by molar-refractivity contribution is 7.89. The van der Waals surface area contributed by atoms with Crippen molar-refractivity contribution in [3.05, 3.63) is 52.0 Å². The molecule has 1 fully saturated rings. The summed E-state index contributed by atoms with van der Waals surface area (Å²) in [6.07, 6.45) is 0. The van der Waals surface area contributed by atoms with E-state index in [9.17, 15) is 13.2 Å². The van der Waals surface area contributed by atoms with Gasteiger partial charge < -0.3 is 10.1 Å². The molecule has 1 aliphatic heterocycles. The summed E-state index contributed by atoms with van der Waals surface area (Å²) in [6, 6.07) is 9.57. The number of aryl methyl sites for hydroxylation is 1. The number of ether oxygens (including phenoxy) is 1. The van der Waals surface area contributed by atoms with Crippen LogP contribution < -0.4 is 5.32 Å². The molecule has 0 unspecified atom stereocenters. The number of benzene rings is 2. The Labute approximate surface area is 177 Å². The maximum absolute atomic E-state index is 12.9. The van der Waals surface area contributed by atoms with Gasteiger partial charge in [-0.25, -0.2) is 13.4 Å². The molecular formula is C19H18ClN3O4S2. The summed E-state index contributed by atoms with van der Waals surface area (Å²) in [5.41, 5.74) is 1.55. The first-order valence-electron chi connectivity index (χ1n) is 8.90. The van der Waals surface area contributed by atoms with Crippen LogP contribution in [0.5, 0.6) is 0 Å². The van der Waals surface area contributed by atoms with Gasteiger partial charge in [-0.15, -0.1) is 11.3 Å². The van der Waals surface area contributed by atoms with Crippen LogP contribution in [0.4, 0.5) is 5.69 Å². The van der Waals surface area contributed by atoms with Crippen molar-refractivity contribution in [1.82, 2.24) is 9.29 Å². The number of nitrogens with zero attached hydrogens (tertiary/aromatic N) is 2. The van der Waals surface area contributed by atoms with Gasteiger partial charge in [0.25, 0.3) is 5.91 Å². The first-order chi connectivity index (χ1) is 13.8. The molecule has 152 valence electrons. The lowest BCUT2D eigenvalue weighted by Gasteiger charge is -2.26. The minimum Gasteiger partial charge on any atom is -0.379 e. The van der Waals surface area contributed by atoms with Crippen LogP contribution in [0.25, 0.3) is 10.2 Å². The molecule has 0 atom stereocenters. The van der Waals surface area contributed by atoms with Crippen LogP contribution in [0.2, 0.25) is 5.02 Å². The van der Waals surface area contributed by atoms with Gasteiger partial charge in [0.2, 0.25) is 10.0 Å². The van der Waals surface area contributed by atoms with E-state index in [2.05, 4.69) is 10.3 Å². The molecule has 3 aromatic rings. The number of sulfonamides is 1. The topological polar surface area (TPSA) is 88.6 Å². The maximum Gasteiger partial charge on any atom is 0.257 e. The van der Waals surface area contributed by atoms with Crippen molar-refractivity contribution in [1.29, 1.82) is 0 Å². The van der Waals surface area contributed by atoms with Gasteiger partial charge in [-0.1, -0.05) is 11.6 Å². The van der Waals surface area contributed by atoms with Crippen molar-refractivity contribution in [3.63, 3.8) is 0 Å². The highest BCUT2D eigenvalue weighted by Crippen LogP contribution is 2.27. The number of nitrogens with one attached hydrogen (secondary N) is 1. The highest BCUT2D eigenvalue weighted by Gasteiger charge is 2.27. The van der Waals surface area contributed by atoms with Crippen molar-refractivity contribution in [3.8, 4) is 0 Å². The molecule has 1 aromatic heterocycles. The fraction of sp³-hybridized carbons (Fsp3) is 0.263. The molecule has 29 heavy (non-hydrogen) atoms. The van der Waals surface area contributed by atoms with Crippen LogP contribution in [0.15, 0.2) is 41.3 Å². The maximum atomic E-state index is 12.9. The number of anilines is 1. The zero-order chi connectivity index (χ0) is 20.6. The van der Waals surface area contributed by atoms with Crippen LogP contribution >= 0.6 is 22.9 Å². The average Bonchev–Trinajstić information content (AvgIpc) is 3.08. The Morgan fingerprint density at radius 2 is 1.97 bits per heavy atom. The van der Waals surface area contributed by atoms with Crippen molar-refractivity contribution in [2.45, 2.75) is 11.8 Å². The van der Waals surface area contributed by atoms with E-state index in [1.165, 1.54) is 33.8 Å². The molecule has 0 bridgehead atoms. The van der Waals surface area contributed by atoms with Gasteiger partial charge in [-0.3, -0.25) is 4.79 Å². The van der Waals surface area contributed by atoms with Crippen LogP contribution in [-0.4, -0.2) is 49.9 Å². The number of fused-ring (bicyclic) bond motifs is 1. The Bertz CT molecular complexity index is 1190. The fourth-order valence-electron chi connectivity index (χ4n) is 3.09. The number of rotatable bonds is 4. The Morgan fingerprint density at radius 1 is 1.21 bits per heavy atom. The second-order valence-electron chi connectivity index (χ2n) is 6.53.